The van der Waals surface area contributed by atoms with Gasteiger partial charge in [-0.3, -0.25) is 0 Å². The zero-order chi connectivity index (χ0) is 29.2. The maximum absolute atomic E-state index is 10.1. The van der Waals surface area contributed by atoms with Crippen LogP contribution in [-0.2, 0) is 9.47 Å². The van der Waals surface area contributed by atoms with Crippen molar-refractivity contribution in [2.45, 2.75) is 167 Å². The van der Waals surface area contributed by atoms with E-state index in [-0.39, 0.29) is 12.2 Å². The molecule has 242 valence electrons. The number of hydrogen-bond donors (Lipinski definition) is 4. The van der Waals surface area contributed by atoms with Gasteiger partial charge in [-0.2, -0.15) is 0 Å². The van der Waals surface area contributed by atoms with Gasteiger partial charge in [0.1, 0.15) is 0 Å². The molecular formula is C34H72N2O4. The quantitative estimate of drug-likeness (QED) is 0.0587. The molecule has 0 bridgehead atoms. The van der Waals surface area contributed by atoms with Gasteiger partial charge < -0.3 is 30.3 Å². The summed E-state index contributed by atoms with van der Waals surface area (Å²) in [6.07, 6.45) is 27.9. The fourth-order valence-corrected chi connectivity index (χ4v) is 5.09. The summed E-state index contributed by atoms with van der Waals surface area (Å²) in [4.78, 5) is 0. The van der Waals surface area contributed by atoms with Crippen molar-refractivity contribution in [2.75, 3.05) is 52.6 Å². The molecule has 0 saturated heterocycles. The van der Waals surface area contributed by atoms with Gasteiger partial charge >= 0.3 is 0 Å². The van der Waals surface area contributed by atoms with Crippen LogP contribution in [0.4, 0.5) is 0 Å². The fraction of sp³-hybridized carbons (Fsp3) is 1.00. The van der Waals surface area contributed by atoms with E-state index < -0.39 is 0 Å². The molecule has 0 aromatic carbocycles. The minimum absolute atomic E-state index is 0.252. The third kappa shape index (κ3) is 34.0. The largest absolute Gasteiger partial charge is 0.392 e. The molecule has 2 unspecified atom stereocenters. The van der Waals surface area contributed by atoms with Gasteiger partial charge in [-0.1, -0.05) is 142 Å². The van der Waals surface area contributed by atoms with Crippen LogP contribution in [0.1, 0.15) is 155 Å². The molecule has 0 aliphatic rings. The van der Waals surface area contributed by atoms with Gasteiger partial charge in [0.05, 0.1) is 38.6 Å². The molecule has 6 nitrogen and oxygen atoms in total. The Balaban J connectivity index is 3.21. The average Bonchev–Trinajstić information content (AvgIpc) is 2.95. The lowest BCUT2D eigenvalue weighted by Crippen LogP contribution is -2.30. The Morgan fingerprint density at radius 2 is 0.725 bits per heavy atom. The predicted molar refractivity (Wildman–Crippen MR) is 172 cm³/mol. The highest BCUT2D eigenvalue weighted by atomic mass is 16.5. The Morgan fingerprint density at radius 3 is 1.05 bits per heavy atom. The number of nitrogens with one attached hydrogen (secondary N) is 2. The van der Waals surface area contributed by atoms with Crippen LogP contribution in [0.3, 0.4) is 0 Å². The Kier molecular flexibility index (Phi) is 34.7. The maximum Gasteiger partial charge on any atom is 0.0701 e. The molecule has 0 radical (unpaired) electrons. The standard InChI is InChI=1S/C34H72N2O4/c1-3-5-7-9-11-13-15-17-19-21-23-33(37)31-35-25-27-39-29-30-40-28-26-36-32-34(38)24-22-20-18-16-14-12-10-8-6-4-2/h33-38H,3-32H2,1-2H3. The molecule has 0 aromatic rings. The summed E-state index contributed by atoms with van der Waals surface area (Å²) >= 11 is 0. The van der Waals surface area contributed by atoms with Crippen LogP contribution in [0.25, 0.3) is 0 Å². The molecule has 2 atom stereocenters. The first-order chi connectivity index (χ1) is 19.7. The van der Waals surface area contributed by atoms with E-state index in [2.05, 4.69) is 24.5 Å². The van der Waals surface area contributed by atoms with Crippen molar-refractivity contribution in [3.05, 3.63) is 0 Å². The molecule has 0 aromatic heterocycles. The fourth-order valence-electron chi connectivity index (χ4n) is 5.09. The van der Waals surface area contributed by atoms with Crippen molar-refractivity contribution < 1.29 is 19.7 Å². The summed E-state index contributed by atoms with van der Waals surface area (Å²) in [6, 6.07) is 0. The molecule has 6 heteroatoms. The second-order valence-corrected chi connectivity index (χ2v) is 11.9. The SMILES string of the molecule is CCCCCCCCCCCCC(O)CNCCOCCOCCNCC(O)CCCCCCCCCCCC. The molecule has 40 heavy (non-hydrogen) atoms. The highest BCUT2D eigenvalue weighted by molar-refractivity contribution is 4.61. The molecule has 0 saturated carbocycles. The molecule has 0 fully saturated rings. The first kappa shape index (κ1) is 39.8. The lowest BCUT2D eigenvalue weighted by Gasteiger charge is -2.13. The van der Waals surface area contributed by atoms with Crippen LogP contribution in [0, 0.1) is 0 Å². The van der Waals surface area contributed by atoms with Crippen LogP contribution in [-0.4, -0.2) is 75.0 Å². The Morgan fingerprint density at radius 1 is 0.425 bits per heavy atom. The van der Waals surface area contributed by atoms with Crippen molar-refractivity contribution >= 4 is 0 Å². The number of unbranched alkanes of at least 4 members (excludes halogenated alkanes) is 18. The van der Waals surface area contributed by atoms with Crippen LogP contribution < -0.4 is 10.6 Å². The van der Waals surface area contributed by atoms with Gasteiger partial charge in [0.15, 0.2) is 0 Å². The normalized spacial score (nSPS) is 13.2. The molecule has 0 aliphatic carbocycles. The molecule has 0 heterocycles. The summed E-state index contributed by atoms with van der Waals surface area (Å²) in [6.45, 7) is 9.79. The van der Waals surface area contributed by atoms with E-state index in [1.807, 2.05) is 0 Å². The lowest BCUT2D eigenvalue weighted by atomic mass is 10.0. The van der Waals surface area contributed by atoms with E-state index in [1.54, 1.807) is 0 Å². The summed E-state index contributed by atoms with van der Waals surface area (Å²) in [5.74, 6) is 0. The first-order valence-corrected chi connectivity index (χ1v) is 17.6. The monoisotopic (exact) mass is 573 g/mol. The van der Waals surface area contributed by atoms with Gasteiger partial charge in [-0.05, 0) is 12.8 Å². The van der Waals surface area contributed by atoms with Gasteiger partial charge in [-0.25, -0.2) is 0 Å². The smallest absolute Gasteiger partial charge is 0.0701 e. The predicted octanol–water partition coefficient (Wildman–Crippen LogP) is 7.54. The van der Waals surface area contributed by atoms with E-state index in [9.17, 15) is 10.2 Å². The van der Waals surface area contributed by atoms with Crippen LogP contribution in [0.2, 0.25) is 0 Å². The van der Waals surface area contributed by atoms with Crippen molar-refractivity contribution in [1.29, 1.82) is 0 Å². The Bertz CT molecular complexity index is 416. The third-order valence-corrected chi connectivity index (χ3v) is 7.76. The molecule has 0 amide bonds. The molecular weight excluding hydrogens is 500 g/mol. The van der Waals surface area contributed by atoms with Gasteiger partial charge in [0.25, 0.3) is 0 Å². The van der Waals surface area contributed by atoms with E-state index in [4.69, 9.17) is 9.47 Å². The Labute approximate surface area is 250 Å². The average molecular weight is 573 g/mol. The van der Waals surface area contributed by atoms with Crippen molar-refractivity contribution in [3.8, 4) is 0 Å². The lowest BCUT2D eigenvalue weighted by molar-refractivity contribution is 0.0478. The van der Waals surface area contributed by atoms with Gasteiger partial charge in [-0.15, -0.1) is 0 Å². The van der Waals surface area contributed by atoms with Crippen LogP contribution in [0.15, 0.2) is 0 Å². The number of hydrogen-bond acceptors (Lipinski definition) is 6. The second-order valence-electron chi connectivity index (χ2n) is 11.9. The molecule has 0 spiro atoms. The van der Waals surface area contributed by atoms with Gasteiger partial charge in [0, 0.05) is 26.2 Å². The minimum Gasteiger partial charge on any atom is -0.392 e. The van der Waals surface area contributed by atoms with E-state index >= 15 is 0 Å². The number of ether oxygens (including phenoxy) is 2. The zero-order valence-electron chi connectivity index (χ0n) is 27.1. The van der Waals surface area contributed by atoms with Crippen molar-refractivity contribution in [2.24, 2.45) is 0 Å². The molecule has 4 N–H and O–H groups in total. The van der Waals surface area contributed by atoms with E-state index in [0.717, 1.165) is 38.8 Å². The van der Waals surface area contributed by atoms with Crippen molar-refractivity contribution in [1.82, 2.24) is 10.6 Å². The van der Waals surface area contributed by atoms with E-state index in [0.29, 0.717) is 39.5 Å². The number of aliphatic hydroxyl groups excluding tert-OH is 2. The Hall–Kier alpha value is -0.240. The molecule has 0 aliphatic heterocycles. The highest BCUT2D eigenvalue weighted by Crippen LogP contribution is 2.13. The number of rotatable bonds is 35. The highest BCUT2D eigenvalue weighted by Gasteiger charge is 2.04. The summed E-state index contributed by atoms with van der Waals surface area (Å²) < 4.78 is 11.2. The maximum atomic E-state index is 10.1. The second kappa shape index (κ2) is 35.0. The van der Waals surface area contributed by atoms with Crippen LogP contribution in [0.5, 0.6) is 0 Å². The molecule has 0 rings (SSSR count). The summed E-state index contributed by atoms with van der Waals surface area (Å²) in [5, 5.41) is 26.8. The minimum atomic E-state index is -0.252. The third-order valence-electron chi connectivity index (χ3n) is 7.76. The summed E-state index contributed by atoms with van der Waals surface area (Å²) in [5.41, 5.74) is 0. The van der Waals surface area contributed by atoms with Crippen molar-refractivity contribution in [3.63, 3.8) is 0 Å². The summed E-state index contributed by atoms with van der Waals surface area (Å²) in [7, 11) is 0. The topological polar surface area (TPSA) is 83.0 Å². The first-order valence-electron chi connectivity index (χ1n) is 17.6. The van der Waals surface area contributed by atoms with Gasteiger partial charge in [0.2, 0.25) is 0 Å². The zero-order valence-corrected chi connectivity index (χ0v) is 27.1. The van der Waals surface area contributed by atoms with E-state index in [1.165, 1.54) is 116 Å². The number of aliphatic hydroxyl groups is 2. The van der Waals surface area contributed by atoms with Crippen LogP contribution >= 0.6 is 0 Å².